The number of halogens is 2. The van der Waals surface area contributed by atoms with Crippen LogP contribution in [0.15, 0.2) is 36.4 Å². The van der Waals surface area contributed by atoms with E-state index in [1.165, 1.54) is 45.1 Å². The van der Waals surface area contributed by atoms with Gasteiger partial charge in [-0.25, -0.2) is 0 Å². The first kappa shape index (κ1) is 14.4. The molecule has 0 heterocycles. The van der Waals surface area contributed by atoms with Gasteiger partial charge < -0.3 is 5.32 Å². The summed E-state index contributed by atoms with van der Waals surface area (Å²) in [5, 5.41) is 4.22. The molecule has 0 radical (unpaired) electrons. The number of hydrogen-bond donors (Lipinski definition) is 1. The van der Waals surface area contributed by atoms with E-state index in [4.69, 9.17) is 11.6 Å². The van der Waals surface area contributed by atoms with Gasteiger partial charge in [-0.05, 0) is 89.4 Å². The smallest absolute Gasteiger partial charge is 0.0585 e. The van der Waals surface area contributed by atoms with Gasteiger partial charge in [-0.1, -0.05) is 29.8 Å². The summed E-state index contributed by atoms with van der Waals surface area (Å²) in [7, 11) is 2.01. The molecule has 0 aromatic heterocycles. The lowest BCUT2D eigenvalue weighted by Crippen LogP contribution is -2.19. The first-order valence-corrected chi connectivity index (χ1v) is 8.38. The summed E-state index contributed by atoms with van der Waals surface area (Å²) in [6.07, 6.45) is 3.73. The lowest BCUT2D eigenvalue weighted by Gasteiger charge is -2.20. The molecule has 3 rings (SSSR count). The highest BCUT2D eigenvalue weighted by Crippen LogP contribution is 2.31. The second kappa shape index (κ2) is 6.04. The van der Waals surface area contributed by atoms with Gasteiger partial charge in [0.15, 0.2) is 0 Å². The molecule has 1 aliphatic carbocycles. The molecule has 0 aliphatic heterocycles. The quantitative estimate of drug-likeness (QED) is 0.738. The molecule has 1 unspecified atom stereocenters. The summed E-state index contributed by atoms with van der Waals surface area (Å²) in [5.74, 6) is 0. The number of hydrogen-bond acceptors (Lipinski definition) is 1. The monoisotopic (exact) mass is 397 g/mol. The molecule has 0 fully saturated rings. The maximum atomic E-state index is 6.17. The Kier molecular flexibility index (Phi) is 4.34. The highest BCUT2D eigenvalue weighted by atomic mass is 127. The molecule has 104 valence electrons. The predicted molar refractivity (Wildman–Crippen MR) is 93.5 cm³/mol. The van der Waals surface area contributed by atoms with Crippen molar-refractivity contribution in [2.24, 2.45) is 0 Å². The third kappa shape index (κ3) is 2.74. The Labute approximate surface area is 138 Å². The molecule has 0 saturated carbocycles. The fraction of sp³-hybridized carbons (Fsp3) is 0.294. The van der Waals surface area contributed by atoms with Gasteiger partial charge in [0.05, 0.1) is 6.04 Å². The van der Waals surface area contributed by atoms with Crippen LogP contribution in [0.5, 0.6) is 0 Å². The molecule has 1 N–H and O–H groups in total. The third-order valence-corrected chi connectivity index (χ3v) is 5.23. The molecular formula is C17H17ClIN. The first-order chi connectivity index (χ1) is 9.69. The van der Waals surface area contributed by atoms with E-state index in [0.29, 0.717) is 0 Å². The first-order valence-electron chi connectivity index (χ1n) is 6.93. The second-order valence-electron chi connectivity index (χ2n) is 5.27. The Balaban J connectivity index is 2.03. The topological polar surface area (TPSA) is 12.0 Å². The van der Waals surface area contributed by atoms with E-state index < -0.39 is 0 Å². The summed E-state index contributed by atoms with van der Waals surface area (Å²) in [6.45, 7) is 0. The van der Waals surface area contributed by atoms with E-state index in [0.717, 1.165) is 5.02 Å². The molecule has 3 heteroatoms. The largest absolute Gasteiger partial charge is 0.309 e. The minimum Gasteiger partial charge on any atom is -0.309 e. The fourth-order valence-electron chi connectivity index (χ4n) is 3.01. The zero-order valence-electron chi connectivity index (χ0n) is 11.4. The predicted octanol–water partition coefficient (Wildman–Crippen LogP) is 4.74. The van der Waals surface area contributed by atoms with Gasteiger partial charge in [0.1, 0.15) is 0 Å². The third-order valence-electron chi connectivity index (χ3n) is 4.01. The second-order valence-corrected chi connectivity index (χ2v) is 6.87. The van der Waals surface area contributed by atoms with Crippen molar-refractivity contribution in [3.8, 4) is 0 Å². The van der Waals surface area contributed by atoms with Crippen molar-refractivity contribution in [3.63, 3.8) is 0 Å². The van der Waals surface area contributed by atoms with Crippen molar-refractivity contribution in [3.05, 3.63) is 67.2 Å². The minimum absolute atomic E-state index is 0.200. The Bertz CT molecular complexity index is 639. The average Bonchev–Trinajstić information content (AvgIpc) is 2.91. The number of aryl methyl sites for hydroxylation is 2. The van der Waals surface area contributed by atoms with Crippen LogP contribution in [0.3, 0.4) is 0 Å². The van der Waals surface area contributed by atoms with Crippen LogP contribution in [0.1, 0.15) is 34.7 Å². The lowest BCUT2D eigenvalue weighted by molar-refractivity contribution is 0.687. The van der Waals surface area contributed by atoms with Crippen LogP contribution in [-0.2, 0) is 12.8 Å². The summed E-state index contributed by atoms with van der Waals surface area (Å²) >= 11 is 8.55. The Morgan fingerprint density at radius 1 is 1.10 bits per heavy atom. The van der Waals surface area contributed by atoms with Crippen molar-refractivity contribution in [1.29, 1.82) is 0 Å². The van der Waals surface area contributed by atoms with Gasteiger partial charge >= 0.3 is 0 Å². The van der Waals surface area contributed by atoms with E-state index in [1.54, 1.807) is 0 Å². The van der Waals surface area contributed by atoms with Crippen LogP contribution in [0.25, 0.3) is 0 Å². The van der Waals surface area contributed by atoms with Crippen LogP contribution in [-0.4, -0.2) is 7.05 Å². The maximum Gasteiger partial charge on any atom is 0.0585 e. The Hall–Kier alpha value is -0.580. The zero-order chi connectivity index (χ0) is 14.1. The van der Waals surface area contributed by atoms with Gasteiger partial charge in [-0.3, -0.25) is 0 Å². The van der Waals surface area contributed by atoms with Crippen LogP contribution in [0.2, 0.25) is 5.02 Å². The summed E-state index contributed by atoms with van der Waals surface area (Å²) in [4.78, 5) is 0. The summed E-state index contributed by atoms with van der Waals surface area (Å²) in [6, 6.07) is 13.2. The fourth-order valence-corrected chi connectivity index (χ4v) is 3.84. The molecule has 0 saturated heterocycles. The van der Waals surface area contributed by atoms with E-state index in [-0.39, 0.29) is 6.04 Å². The molecule has 0 spiro atoms. The molecule has 1 nitrogen and oxygen atoms in total. The molecule has 1 aliphatic rings. The van der Waals surface area contributed by atoms with Crippen LogP contribution >= 0.6 is 34.2 Å². The number of rotatable bonds is 3. The SMILES string of the molecule is CNC(c1ccc2c(c1)CCC2)c1cc(Cl)ccc1I. The molecule has 0 amide bonds. The van der Waals surface area contributed by atoms with E-state index >= 15 is 0 Å². The standard InChI is InChI=1S/C17H17ClIN/c1-20-17(15-10-14(18)7-8-16(15)19)13-6-5-11-3-2-4-12(11)9-13/h5-10,17,20H,2-4H2,1H3. The average molecular weight is 398 g/mol. The van der Waals surface area contributed by atoms with Crippen molar-refractivity contribution < 1.29 is 0 Å². The number of benzene rings is 2. The summed E-state index contributed by atoms with van der Waals surface area (Å²) < 4.78 is 1.24. The molecule has 0 bridgehead atoms. The zero-order valence-corrected chi connectivity index (χ0v) is 14.3. The molecule has 2 aromatic carbocycles. The van der Waals surface area contributed by atoms with Crippen LogP contribution in [0, 0.1) is 3.57 Å². The Morgan fingerprint density at radius 2 is 1.90 bits per heavy atom. The van der Waals surface area contributed by atoms with Crippen molar-refractivity contribution >= 4 is 34.2 Å². The van der Waals surface area contributed by atoms with Gasteiger partial charge in [0, 0.05) is 8.59 Å². The van der Waals surface area contributed by atoms with Crippen molar-refractivity contribution in [2.45, 2.75) is 25.3 Å². The lowest BCUT2D eigenvalue weighted by atomic mass is 9.96. The highest BCUT2D eigenvalue weighted by molar-refractivity contribution is 14.1. The molecule has 20 heavy (non-hydrogen) atoms. The van der Waals surface area contributed by atoms with Crippen molar-refractivity contribution in [2.75, 3.05) is 7.05 Å². The van der Waals surface area contributed by atoms with E-state index in [9.17, 15) is 0 Å². The van der Waals surface area contributed by atoms with Crippen molar-refractivity contribution in [1.82, 2.24) is 5.32 Å². The van der Waals surface area contributed by atoms with E-state index in [1.807, 2.05) is 13.1 Å². The van der Waals surface area contributed by atoms with Gasteiger partial charge in [-0.15, -0.1) is 0 Å². The molecule has 1 atom stereocenters. The Morgan fingerprint density at radius 3 is 2.70 bits per heavy atom. The minimum atomic E-state index is 0.200. The summed E-state index contributed by atoms with van der Waals surface area (Å²) in [5.41, 5.74) is 5.61. The normalized spacial score (nSPS) is 15.2. The van der Waals surface area contributed by atoms with Gasteiger partial charge in [-0.2, -0.15) is 0 Å². The highest BCUT2D eigenvalue weighted by Gasteiger charge is 2.18. The molecular weight excluding hydrogens is 381 g/mol. The van der Waals surface area contributed by atoms with Crippen LogP contribution in [0.4, 0.5) is 0 Å². The van der Waals surface area contributed by atoms with Gasteiger partial charge in [0.25, 0.3) is 0 Å². The number of fused-ring (bicyclic) bond motifs is 1. The maximum absolute atomic E-state index is 6.17. The molecule has 2 aromatic rings. The van der Waals surface area contributed by atoms with E-state index in [2.05, 4.69) is 58.2 Å². The number of nitrogens with one attached hydrogen (secondary N) is 1. The van der Waals surface area contributed by atoms with Crippen LogP contribution < -0.4 is 5.32 Å². The van der Waals surface area contributed by atoms with Gasteiger partial charge in [0.2, 0.25) is 0 Å².